The fourth-order valence-electron chi connectivity index (χ4n) is 3.15. The minimum absolute atomic E-state index is 0.519. The monoisotopic (exact) mass is 320 g/mol. The Bertz CT molecular complexity index is 781. The molecular formula is C21H24N2O. The molecule has 24 heavy (non-hydrogen) atoms. The molecule has 3 nitrogen and oxygen atoms in total. The molecule has 1 atom stereocenters. The SMILES string of the molecule is CNCC(C)c1ccc(-c2ccc(-c3c(C)noc3C)cc2)cc1. The van der Waals surface area contributed by atoms with Gasteiger partial charge in [0.1, 0.15) is 5.76 Å². The summed E-state index contributed by atoms with van der Waals surface area (Å²) < 4.78 is 5.26. The van der Waals surface area contributed by atoms with E-state index in [9.17, 15) is 0 Å². The third-order valence-corrected chi connectivity index (χ3v) is 4.53. The van der Waals surface area contributed by atoms with Crippen LogP contribution in [0.1, 0.15) is 29.9 Å². The third kappa shape index (κ3) is 3.26. The summed E-state index contributed by atoms with van der Waals surface area (Å²) in [5.41, 5.74) is 7.00. The predicted molar refractivity (Wildman–Crippen MR) is 99.2 cm³/mol. The van der Waals surface area contributed by atoms with Gasteiger partial charge in [-0.2, -0.15) is 0 Å². The number of aromatic nitrogens is 1. The van der Waals surface area contributed by atoms with Crippen LogP contribution in [0.25, 0.3) is 22.3 Å². The van der Waals surface area contributed by atoms with Crippen LogP contribution in [-0.4, -0.2) is 18.7 Å². The van der Waals surface area contributed by atoms with Crippen molar-refractivity contribution in [2.75, 3.05) is 13.6 Å². The van der Waals surface area contributed by atoms with E-state index in [1.54, 1.807) is 0 Å². The van der Waals surface area contributed by atoms with Crippen LogP contribution < -0.4 is 5.32 Å². The van der Waals surface area contributed by atoms with Gasteiger partial charge in [-0.1, -0.05) is 60.6 Å². The van der Waals surface area contributed by atoms with E-state index in [4.69, 9.17) is 4.52 Å². The highest BCUT2D eigenvalue weighted by atomic mass is 16.5. The van der Waals surface area contributed by atoms with Crippen molar-refractivity contribution in [2.45, 2.75) is 26.7 Å². The fraction of sp³-hybridized carbons (Fsp3) is 0.286. The molecule has 0 amide bonds. The first-order valence-electron chi connectivity index (χ1n) is 8.38. The fourth-order valence-corrected chi connectivity index (χ4v) is 3.15. The predicted octanol–water partition coefficient (Wildman–Crippen LogP) is 4.95. The summed E-state index contributed by atoms with van der Waals surface area (Å²) in [6.07, 6.45) is 0. The Balaban J connectivity index is 1.83. The highest BCUT2D eigenvalue weighted by Crippen LogP contribution is 2.29. The molecule has 0 fully saturated rings. The molecule has 0 aliphatic carbocycles. The molecule has 2 aromatic carbocycles. The highest BCUT2D eigenvalue weighted by molar-refractivity contribution is 5.72. The second-order valence-electron chi connectivity index (χ2n) is 6.36. The maximum absolute atomic E-state index is 5.26. The Labute approximate surface area is 143 Å². The van der Waals surface area contributed by atoms with Crippen molar-refractivity contribution in [3.63, 3.8) is 0 Å². The van der Waals surface area contributed by atoms with E-state index < -0.39 is 0 Å². The largest absolute Gasteiger partial charge is 0.361 e. The maximum Gasteiger partial charge on any atom is 0.141 e. The number of aryl methyl sites for hydroxylation is 2. The van der Waals surface area contributed by atoms with Gasteiger partial charge in [-0.05, 0) is 49.1 Å². The zero-order chi connectivity index (χ0) is 17.1. The highest BCUT2D eigenvalue weighted by Gasteiger charge is 2.11. The van der Waals surface area contributed by atoms with E-state index in [2.05, 4.69) is 65.9 Å². The summed E-state index contributed by atoms with van der Waals surface area (Å²) in [6.45, 7) is 7.16. The van der Waals surface area contributed by atoms with Crippen LogP contribution in [0.15, 0.2) is 53.1 Å². The summed E-state index contributed by atoms with van der Waals surface area (Å²) >= 11 is 0. The Morgan fingerprint density at radius 2 is 1.46 bits per heavy atom. The Hall–Kier alpha value is -2.39. The summed E-state index contributed by atoms with van der Waals surface area (Å²) in [4.78, 5) is 0. The van der Waals surface area contributed by atoms with Crippen LogP contribution in [0, 0.1) is 13.8 Å². The van der Waals surface area contributed by atoms with E-state index in [1.165, 1.54) is 16.7 Å². The number of rotatable bonds is 5. The van der Waals surface area contributed by atoms with Gasteiger partial charge >= 0.3 is 0 Å². The van der Waals surface area contributed by atoms with Gasteiger partial charge in [0, 0.05) is 12.1 Å². The van der Waals surface area contributed by atoms with E-state index in [0.717, 1.165) is 29.1 Å². The number of hydrogen-bond acceptors (Lipinski definition) is 3. The van der Waals surface area contributed by atoms with Crippen LogP contribution in [0.4, 0.5) is 0 Å². The molecule has 3 heteroatoms. The Kier molecular flexibility index (Phi) is 4.81. The van der Waals surface area contributed by atoms with Crippen molar-refractivity contribution in [1.29, 1.82) is 0 Å². The van der Waals surface area contributed by atoms with Crippen LogP contribution in [0.5, 0.6) is 0 Å². The average molecular weight is 320 g/mol. The first kappa shape index (κ1) is 16.5. The van der Waals surface area contributed by atoms with Gasteiger partial charge in [-0.25, -0.2) is 0 Å². The number of nitrogens with zero attached hydrogens (tertiary/aromatic N) is 1. The van der Waals surface area contributed by atoms with Crippen molar-refractivity contribution in [2.24, 2.45) is 0 Å². The molecule has 1 N–H and O–H groups in total. The second kappa shape index (κ2) is 7.02. The van der Waals surface area contributed by atoms with Gasteiger partial charge in [-0.3, -0.25) is 0 Å². The molecule has 0 bridgehead atoms. The van der Waals surface area contributed by atoms with E-state index in [0.29, 0.717) is 5.92 Å². The maximum atomic E-state index is 5.26. The summed E-state index contributed by atoms with van der Waals surface area (Å²) in [5.74, 6) is 1.38. The van der Waals surface area contributed by atoms with Crippen molar-refractivity contribution in [3.8, 4) is 22.3 Å². The molecule has 0 aliphatic rings. The first-order valence-corrected chi connectivity index (χ1v) is 8.38. The molecule has 1 heterocycles. The van der Waals surface area contributed by atoms with Crippen molar-refractivity contribution >= 4 is 0 Å². The van der Waals surface area contributed by atoms with Crippen LogP contribution in [-0.2, 0) is 0 Å². The zero-order valence-electron chi connectivity index (χ0n) is 14.8. The van der Waals surface area contributed by atoms with Gasteiger partial charge < -0.3 is 9.84 Å². The molecule has 0 spiro atoms. The number of hydrogen-bond donors (Lipinski definition) is 1. The second-order valence-corrected chi connectivity index (χ2v) is 6.36. The molecule has 0 saturated heterocycles. The molecule has 0 radical (unpaired) electrons. The van der Waals surface area contributed by atoms with Crippen molar-refractivity contribution < 1.29 is 4.52 Å². The van der Waals surface area contributed by atoms with E-state index in [1.807, 2.05) is 20.9 Å². The van der Waals surface area contributed by atoms with Crippen molar-refractivity contribution in [3.05, 3.63) is 65.5 Å². The molecule has 3 rings (SSSR count). The zero-order valence-corrected chi connectivity index (χ0v) is 14.8. The number of benzene rings is 2. The van der Waals surface area contributed by atoms with Crippen molar-refractivity contribution in [1.82, 2.24) is 10.5 Å². The van der Waals surface area contributed by atoms with E-state index in [-0.39, 0.29) is 0 Å². The molecule has 0 aliphatic heterocycles. The lowest BCUT2D eigenvalue weighted by molar-refractivity contribution is 0.393. The molecule has 0 saturated carbocycles. The Morgan fingerprint density at radius 3 is 1.96 bits per heavy atom. The van der Waals surface area contributed by atoms with Gasteiger partial charge in [-0.15, -0.1) is 0 Å². The molecule has 3 aromatic rings. The van der Waals surface area contributed by atoms with E-state index >= 15 is 0 Å². The smallest absolute Gasteiger partial charge is 0.141 e. The van der Waals surface area contributed by atoms with Crippen LogP contribution >= 0.6 is 0 Å². The lowest BCUT2D eigenvalue weighted by Crippen LogP contribution is -2.14. The normalized spacial score (nSPS) is 12.3. The minimum atomic E-state index is 0.519. The lowest BCUT2D eigenvalue weighted by Gasteiger charge is -2.12. The number of nitrogens with one attached hydrogen (secondary N) is 1. The summed E-state index contributed by atoms with van der Waals surface area (Å²) in [6, 6.07) is 17.4. The molecule has 124 valence electrons. The lowest BCUT2D eigenvalue weighted by atomic mass is 9.96. The molecular weight excluding hydrogens is 296 g/mol. The van der Waals surface area contributed by atoms with Crippen LogP contribution in [0.2, 0.25) is 0 Å². The third-order valence-electron chi connectivity index (χ3n) is 4.53. The first-order chi connectivity index (χ1) is 11.6. The molecule has 1 aromatic heterocycles. The molecule has 1 unspecified atom stereocenters. The quantitative estimate of drug-likeness (QED) is 0.723. The van der Waals surface area contributed by atoms with Gasteiger partial charge in [0.05, 0.1) is 5.69 Å². The van der Waals surface area contributed by atoms with Gasteiger partial charge in [0.25, 0.3) is 0 Å². The average Bonchev–Trinajstić information content (AvgIpc) is 2.94. The van der Waals surface area contributed by atoms with Gasteiger partial charge in [0.15, 0.2) is 0 Å². The standard InChI is InChI=1S/C21H24N2O/c1-14(13-22-4)17-5-7-18(8-6-17)19-9-11-20(12-10-19)21-15(2)23-24-16(21)3/h5-12,14,22H,13H2,1-4H3. The Morgan fingerprint density at radius 1 is 0.917 bits per heavy atom. The summed E-state index contributed by atoms with van der Waals surface area (Å²) in [5, 5.41) is 7.26. The minimum Gasteiger partial charge on any atom is -0.361 e. The van der Waals surface area contributed by atoms with Gasteiger partial charge in [0.2, 0.25) is 0 Å². The topological polar surface area (TPSA) is 38.1 Å². The van der Waals surface area contributed by atoms with Crippen LogP contribution in [0.3, 0.4) is 0 Å². The summed E-state index contributed by atoms with van der Waals surface area (Å²) in [7, 11) is 1.99. The number of likely N-dealkylation sites (N-methyl/N-ethyl adjacent to an activating group) is 1.